The molecule has 0 bridgehead atoms. The number of carboxylic acid groups (broad SMARTS) is 1. The molecule has 1 aliphatic rings. The first kappa shape index (κ1) is 19.0. The molecule has 6 nitrogen and oxygen atoms in total. The highest BCUT2D eigenvalue weighted by molar-refractivity contribution is 5.83. The summed E-state index contributed by atoms with van der Waals surface area (Å²) in [6.07, 6.45) is 4.66. The average Bonchev–Trinajstić information content (AvgIpc) is 2.73. The first-order valence-corrected chi connectivity index (χ1v) is 8.65. The van der Waals surface area contributed by atoms with E-state index in [0.29, 0.717) is 13.1 Å². The lowest BCUT2D eigenvalue weighted by molar-refractivity contribution is -0.138. The van der Waals surface area contributed by atoms with E-state index < -0.39 is 12.0 Å². The summed E-state index contributed by atoms with van der Waals surface area (Å²) in [6, 6.07) is 6.48. The van der Waals surface area contributed by atoms with Gasteiger partial charge in [0, 0.05) is 25.6 Å². The van der Waals surface area contributed by atoms with Gasteiger partial charge in [-0.3, -0.25) is 9.59 Å². The molecule has 136 valence electrons. The summed E-state index contributed by atoms with van der Waals surface area (Å²) in [7, 11) is 0. The highest BCUT2D eigenvalue weighted by Crippen LogP contribution is 2.18. The molecule has 2 atom stereocenters. The Hall–Kier alpha value is -2.34. The van der Waals surface area contributed by atoms with Crippen molar-refractivity contribution in [2.75, 3.05) is 6.54 Å². The van der Waals surface area contributed by atoms with Crippen molar-refractivity contribution in [2.24, 2.45) is 0 Å². The van der Waals surface area contributed by atoms with Crippen molar-refractivity contribution in [2.45, 2.75) is 50.7 Å². The molecule has 25 heavy (non-hydrogen) atoms. The highest BCUT2D eigenvalue weighted by Gasteiger charge is 2.30. The minimum atomic E-state index is -0.897. The fraction of sp³-hybridized carbons (Fsp3) is 0.474. The summed E-state index contributed by atoms with van der Waals surface area (Å²) in [5.41, 5.74) is 0.938. The predicted octanol–water partition coefficient (Wildman–Crippen LogP) is 2.28. The van der Waals surface area contributed by atoms with Gasteiger partial charge in [-0.25, -0.2) is 0 Å². The van der Waals surface area contributed by atoms with Gasteiger partial charge in [0.2, 0.25) is 5.91 Å². The Morgan fingerprint density at radius 1 is 1.32 bits per heavy atom. The van der Waals surface area contributed by atoms with Crippen molar-refractivity contribution in [3.63, 3.8) is 0 Å². The lowest BCUT2D eigenvalue weighted by Gasteiger charge is -2.24. The van der Waals surface area contributed by atoms with Crippen LogP contribution in [-0.4, -0.2) is 45.6 Å². The Morgan fingerprint density at radius 2 is 2.04 bits per heavy atom. The number of nitrogens with one attached hydrogen (secondary N) is 1. The van der Waals surface area contributed by atoms with Gasteiger partial charge in [-0.05, 0) is 43.4 Å². The zero-order chi connectivity index (χ0) is 18.2. The second-order valence-corrected chi connectivity index (χ2v) is 6.43. The van der Waals surface area contributed by atoms with Crippen molar-refractivity contribution in [3.05, 3.63) is 42.5 Å². The SMILES string of the molecule is C=CCC[C@@H]1CCN(Cc2ccc(O)cc2)C(=O)[C@H](CCC(=O)O)N1. The van der Waals surface area contributed by atoms with E-state index in [2.05, 4.69) is 11.9 Å². The fourth-order valence-electron chi connectivity index (χ4n) is 3.08. The molecule has 6 heteroatoms. The van der Waals surface area contributed by atoms with Crippen molar-refractivity contribution >= 4 is 11.9 Å². The number of carbonyl (C=O) groups is 2. The molecule has 0 unspecified atom stereocenters. The van der Waals surface area contributed by atoms with Crippen LogP contribution < -0.4 is 5.32 Å². The Morgan fingerprint density at radius 3 is 2.68 bits per heavy atom. The van der Waals surface area contributed by atoms with Gasteiger partial charge in [0.15, 0.2) is 0 Å². The lowest BCUT2D eigenvalue weighted by atomic mass is 10.1. The van der Waals surface area contributed by atoms with Gasteiger partial charge in [-0.1, -0.05) is 18.2 Å². The summed E-state index contributed by atoms with van der Waals surface area (Å²) in [5, 5.41) is 21.7. The van der Waals surface area contributed by atoms with Crippen molar-refractivity contribution in [1.29, 1.82) is 0 Å². The van der Waals surface area contributed by atoms with Crippen LogP contribution in [0.3, 0.4) is 0 Å². The number of benzene rings is 1. The van der Waals surface area contributed by atoms with E-state index in [1.165, 1.54) is 0 Å². The molecule has 1 saturated heterocycles. The molecule has 1 fully saturated rings. The van der Waals surface area contributed by atoms with E-state index in [0.717, 1.165) is 24.8 Å². The zero-order valence-corrected chi connectivity index (χ0v) is 14.4. The van der Waals surface area contributed by atoms with Gasteiger partial charge in [0.25, 0.3) is 0 Å². The van der Waals surface area contributed by atoms with Crippen LogP contribution in [0.4, 0.5) is 0 Å². The highest BCUT2D eigenvalue weighted by atomic mass is 16.4. The number of nitrogens with zero attached hydrogens (tertiary/aromatic N) is 1. The summed E-state index contributed by atoms with van der Waals surface area (Å²) in [5.74, 6) is -0.765. The lowest BCUT2D eigenvalue weighted by Crippen LogP contribution is -2.45. The predicted molar refractivity (Wildman–Crippen MR) is 95.2 cm³/mol. The van der Waals surface area contributed by atoms with E-state index in [4.69, 9.17) is 5.11 Å². The maximum absolute atomic E-state index is 12.8. The maximum Gasteiger partial charge on any atom is 0.303 e. The number of phenolic OH excluding ortho intramolecular Hbond substituents is 1. The Balaban J connectivity index is 2.09. The van der Waals surface area contributed by atoms with E-state index in [-0.39, 0.29) is 30.5 Å². The number of allylic oxidation sites excluding steroid dienone is 1. The van der Waals surface area contributed by atoms with Gasteiger partial charge in [-0.2, -0.15) is 0 Å². The number of phenols is 1. The van der Waals surface area contributed by atoms with Gasteiger partial charge < -0.3 is 20.4 Å². The third-order valence-corrected chi connectivity index (χ3v) is 4.47. The van der Waals surface area contributed by atoms with Gasteiger partial charge in [-0.15, -0.1) is 6.58 Å². The van der Waals surface area contributed by atoms with Crippen molar-refractivity contribution < 1.29 is 19.8 Å². The standard InChI is InChI=1S/C19H26N2O4/c1-2-3-4-15-11-12-21(13-14-5-7-16(22)8-6-14)19(25)17(20-15)9-10-18(23)24/h2,5-8,15,17,20,22H,1,3-4,9-13H2,(H,23,24)/t15-,17+/m1/s1. The number of carbonyl (C=O) groups excluding carboxylic acids is 1. The number of aromatic hydroxyl groups is 1. The van der Waals surface area contributed by atoms with Crippen LogP contribution in [0.1, 0.15) is 37.7 Å². The minimum Gasteiger partial charge on any atom is -0.508 e. The monoisotopic (exact) mass is 346 g/mol. The summed E-state index contributed by atoms with van der Waals surface area (Å²) >= 11 is 0. The Labute approximate surface area is 148 Å². The van der Waals surface area contributed by atoms with Gasteiger partial charge in [0.1, 0.15) is 5.75 Å². The molecule has 3 N–H and O–H groups in total. The number of rotatable bonds is 8. The maximum atomic E-state index is 12.8. The number of hydrogen-bond acceptors (Lipinski definition) is 4. The molecule has 0 saturated carbocycles. The molecule has 1 aliphatic heterocycles. The smallest absolute Gasteiger partial charge is 0.303 e. The Bertz CT molecular complexity index is 600. The van der Waals surface area contributed by atoms with E-state index in [1.807, 2.05) is 6.08 Å². The first-order valence-electron chi connectivity index (χ1n) is 8.65. The quantitative estimate of drug-likeness (QED) is 0.628. The minimum absolute atomic E-state index is 0.0371. The van der Waals surface area contributed by atoms with E-state index >= 15 is 0 Å². The largest absolute Gasteiger partial charge is 0.508 e. The number of carboxylic acids is 1. The molecule has 0 aliphatic carbocycles. The molecule has 1 aromatic rings. The topological polar surface area (TPSA) is 89.9 Å². The second kappa shape index (κ2) is 9.22. The van der Waals surface area contributed by atoms with Crippen LogP contribution in [0, 0.1) is 0 Å². The number of amides is 1. The Kier molecular flexibility index (Phi) is 7.01. The zero-order valence-electron chi connectivity index (χ0n) is 14.4. The molecule has 1 amide bonds. The molecule has 2 rings (SSSR count). The fourth-order valence-corrected chi connectivity index (χ4v) is 3.08. The number of aliphatic carboxylic acids is 1. The van der Waals surface area contributed by atoms with Crippen molar-refractivity contribution in [3.8, 4) is 5.75 Å². The van der Waals surface area contributed by atoms with E-state index in [1.54, 1.807) is 29.2 Å². The third-order valence-electron chi connectivity index (χ3n) is 4.47. The second-order valence-electron chi connectivity index (χ2n) is 6.43. The summed E-state index contributed by atoms with van der Waals surface area (Å²) in [6.45, 7) is 4.82. The summed E-state index contributed by atoms with van der Waals surface area (Å²) in [4.78, 5) is 25.5. The number of hydrogen-bond donors (Lipinski definition) is 3. The molecule has 1 heterocycles. The first-order chi connectivity index (χ1) is 12.0. The van der Waals surface area contributed by atoms with Crippen LogP contribution in [0.2, 0.25) is 0 Å². The summed E-state index contributed by atoms with van der Waals surface area (Å²) < 4.78 is 0. The third kappa shape index (κ3) is 5.90. The molecular formula is C19H26N2O4. The molecular weight excluding hydrogens is 320 g/mol. The van der Waals surface area contributed by atoms with Crippen LogP contribution in [0.5, 0.6) is 5.75 Å². The van der Waals surface area contributed by atoms with Crippen LogP contribution in [0.25, 0.3) is 0 Å². The molecule has 0 spiro atoms. The average molecular weight is 346 g/mol. The van der Waals surface area contributed by atoms with Crippen LogP contribution in [0.15, 0.2) is 36.9 Å². The van der Waals surface area contributed by atoms with Gasteiger partial charge in [0.05, 0.1) is 6.04 Å². The van der Waals surface area contributed by atoms with E-state index in [9.17, 15) is 14.7 Å². The molecule has 0 aromatic heterocycles. The molecule has 1 aromatic carbocycles. The molecule has 0 radical (unpaired) electrons. The van der Waals surface area contributed by atoms with Crippen LogP contribution >= 0.6 is 0 Å². The van der Waals surface area contributed by atoms with Gasteiger partial charge >= 0.3 is 5.97 Å². The van der Waals surface area contributed by atoms with Crippen molar-refractivity contribution in [1.82, 2.24) is 10.2 Å². The van der Waals surface area contributed by atoms with Crippen LogP contribution in [-0.2, 0) is 16.1 Å². The normalized spacial score (nSPS) is 21.0.